The monoisotopic (exact) mass is 202 g/mol. The van der Waals surface area contributed by atoms with Crippen LogP contribution in [0, 0.1) is 0 Å². The molecule has 0 unspecified atom stereocenters. The number of hydrogen-bond acceptors (Lipinski definition) is 4. The first kappa shape index (κ1) is 11.4. The zero-order chi connectivity index (χ0) is 10.4. The predicted octanol–water partition coefficient (Wildman–Crippen LogP) is -1.14. The maximum atomic E-state index is 11.4. The van der Waals surface area contributed by atoms with Gasteiger partial charge in [-0.25, -0.2) is 0 Å². The third kappa shape index (κ3) is 2.94. The topological polar surface area (TPSA) is 70.6 Å². The SMILES string of the molecule is CNC(=O)C1(NCCOCCO)CC1. The fraction of sp³-hybridized carbons (Fsp3) is 0.889. The quantitative estimate of drug-likeness (QED) is 0.457. The van der Waals surface area contributed by atoms with E-state index in [-0.39, 0.29) is 18.1 Å². The summed E-state index contributed by atoms with van der Waals surface area (Å²) in [6.07, 6.45) is 1.79. The van der Waals surface area contributed by atoms with E-state index >= 15 is 0 Å². The van der Waals surface area contributed by atoms with Crippen molar-refractivity contribution in [1.82, 2.24) is 10.6 Å². The first-order valence-electron chi connectivity index (χ1n) is 4.91. The van der Waals surface area contributed by atoms with Gasteiger partial charge in [-0.2, -0.15) is 0 Å². The Hall–Kier alpha value is -0.650. The normalized spacial score (nSPS) is 17.9. The molecule has 5 heteroatoms. The minimum atomic E-state index is -0.336. The average Bonchev–Trinajstić information content (AvgIpc) is 2.98. The molecule has 0 spiro atoms. The van der Waals surface area contributed by atoms with Crippen molar-refractivity contribution in [3.63, 3.8) is 0 Å². The Balaban J connectivity index is 2.09. The summed E-state index contributed by atoms with van der Waals surface area (Å²) < 4.78 is 5.08. The summed E-state index contributed by atoms with van der Waals surface area (Å²) in [5.41, 5.74) is -0.336. The van der Waals surface area contributed by atoms with Gasteiger partial charge in [-0.05, 0) is 12.8 Å². The van der Waals surface area contributed by atoms with Crippen LogP contribution >= 0.6 is 0 Å². The van der Waals surface area contributed by atoms with Crippen molar-refractivity contribution in [3.05, 3.63) is 0 Å². The van der Waals surface area contributed by atoms with Crippen LogP contribution in [0.3, 0.4) is 0 Å². The number of ether oxygens (including phenoxy) is 1. The Labute approximate surface area is 83.8 Å². The number of carbonyl (C=O) groups excluding carboxylic acids is 1. The van der Waals surface area contributed by atoms with Crippen molar-refractivity contribution < 1.29 is 14.6 Å². The number of hydrogen-bond donors (Lipinski definition) is 3. The fourth-order valence-corrected chi connectivity index (χ4v) is 1.38. The van der Waals surface area contributed by atoms with Crippen LogP contribution in [0.5, 0.6) is 0 Å². The van der Waals surface area contributed by atoms with E-state index in [2.05, 4.69) is 10.6 Å². The lowest BCUT2D eigenvalue weighted by molar-refractivity contribution is -0.123. The lowest BCUT2D eigenvalue weighted by Gasteiger charge is -2.15. The van der Waals surface area contributed by atoms with Gasteiger partial charge in [0.15, 0.2) is 0 Å². The summed E-state index contributed by atoms with van der Waals surface area (Å²) in [6.45, 7) is 1.57. The zero-order valence-corrected chi connectivity index (χ0v) is 8.51. The molecule has 0 aromatic rings. The minimum absolute atomic E-state index is 0.0423. The Kier molecular flexibility index (Phi) is 4.31. The Morgan fingerprint density at radius 3 is 2.71 bits per heavy atom. The van der Waals surface area contributed by atoms with Gasteiger partial charge in [-0.1, -0.05) is 0 Å². The molecule has 0 atom stereocenters. The van der Waals surface area contributed by atoms with Crippen LogP contribution < -0.4 is 10.6 Å². The summed E-state index contributed by atoms with van der Waals surface area (Å²) in [6, 6.07) is 0. The molecule has 0 aliphatic heterocycles. The zero-order valence-electron chi connectivity index (χ0n) is 8.51. The van der Waals surface area contributed by atoms with Crippen molar-refractivity contribution in [1.29, 1.82) is 0 Å². The molecule has 0 aromatic heterocycles. The number of aliphatic hydroxyl groups excluding tert-OH is 1. The van der Waals surface area contributed by atoms with Crippen LogP contribution in [0.15, 0.2) is 0 Å². The van der Waals surface area contributed by atoms with Gasteiger partial charge in [0, 0.05) is 13.6 Å². The fourth-order valence-electron chi connectivity index (χ4n) is 1.38. The standard InChI is InChI=1S/C9H18N2O3/c1-10-8(13)9(2-3-9)11-4-6-14-7-5-12/h11-12H,2-7H2,1H3,(H,10,13). The molecule has 1 saturated carbocycles. The van der Waals surface area contributed by atoms with Crippen molar-refractivity contribution in [3.8, 4) is 0 Å². The molecule has 0 aromatic carbocycles. The van der Waals surface area contributed by atoms with Crippen LogP contribution in [0.2, 0.25) is 0 Å². The molecule has 0 radical (unpaired) electrons. The van der Waals surface area contributed by atoms with Gasteiger partial charge >= 0.3 is 0 Å². The van der Waals surface area contributed by atoms with E-state index < -0.39 is 0 Å². The smallest absolute Gasteiger partial charge is 0.240 e. The maximum Gasteiger partial charge on any atom is 0.240 e. The number of aliphatic hydroxyl groups is 1. The molecule has 14 heavy (non-hydrogen) atoms. The van der Waals surface area contributed by atoms with Crippen molar-refractivity contribution >= 4 is 5.91 Å². The Bertz CT molecular complexity index is 192. The van der Waals surface area contributed by atoms with Gasteiger partial charge in [0.2, 0.25) is 5.91 Å². The molecule has 1 fully saturated rings. The molecule has 1 aliphatic carbocycles. The minimum Gasteiger partial charge on any atom is -0.394 e. The molecule has 1 rings (SSSR count). The third-order valence-corrected chi connectivity index (χ3v) is 2.36. The highest BCUT2D eigenvalue weighted by Gasteiger charge is 2.48. The van der Waals surface area contributed by atoms with Crippen molar-refractivity contribution in [2.45, 2.75) is 18.4 Å². The summed E-state index contributed by atoms with van der Waals surface area (Å²) in [5, 5.41) is 14.3. The molecule has 0 saturated heterocycles. The first-order valence-corrected chi connectivity index (χ1v) is 4.91. The lowest BCUT2D eigenvalue weighted by Crippen LogP contribution is -2.46. The van der Waals surface area contributed by atoms with Crippen LogP contribution in [0.25, 0.3) is 0 Å². The van der Waals surface area contributed by atoms with Gasteiger partial charge in [0.25, 0.3) is 0 Å². The highest BCUT2D eigenvalue weighted by Crippen LogP contribution is 2.35. The van der Waals surface area contributed by atoms with Gasteiger partial charge in [0.05, 0.1) is 25.4 Å². The Morgan fingerprint density at radius 2 is 2.21 bits per heavy atom. The summed E-state index contributed by atoms with van der Waals surface area (Å²) in [4.78, 5) is 11.4. The Morgan fingerprint density at radius 1 is 1.50 bits per heavy atom. The van der Waals surface area contributed by atoms with Crippen LogP contribution in [-0.4, -0.2) is 50.0 Å². The van der Waals surface area contributed by atoms with Crippen LogP contribution in [0.4, 0.5) is 0 Å². The summed E-state index contributed by atoms with van der Waals surface area (Å²) in [7, 11) is 1.65. The summed E-state index contributed by atoms with van der Waals surface area (Å²) >= 11 is 0. The molecule has 1 aliphatic rings. The van der Waals surface area contributed by atoms with Gasteiger partial charge < -0.3 is 20.5 Å². The van der Waals surface area contributed by atoms with E-state index in [1.165, 1.54) is 0 Å². The van der Waals surface area contributed by atoms with Crippen LogP contribution in [0.1, 0.15) is 12.8 Å². The molecule has 0 heterocycles. The van der Waals surface area contributed by atoms with E-state index in [0.29, 0.717) is 19.8 Å². The lowest BCUT2D eigenvalue weighted by atomic mass is 10.2. The second kappa shape index (κ2) is 5.29. The molecule has 0 bridgehead atoms. The number of carbonyl (C=O) groups is 1. The van der Waals surface area contributed by atoms with Gasteiger partial charge in [0.1, 0.15) is 0 Å². The molecule has 1 amide bonds. The first-order chi connectivity index (χ1) is 6.75. The van der Waals surface area contributed by atoms with Gasteiger partial charge in [-0.3, -0.25) is 4.79 Å². The molecule has 82 valence electrons. The van der Waals surface area contributed by atoms with E-state index in [4.69, 9.17) is 9.84 Å². The summed E-state index contributed by atoms with van der Waals surface area (Å²) in [5.74, 6) is 0.0552. The average molecular weight is 202 g/mol. The van der Waals surface area contributed by atoms with Crippen LogP contribution in [-0.2, 0) is 9.53 Å². The van der Waals surface area contributed by atoms with E-state index in [1.807, 2.05) is 0 Å². The second-order valence-corrected chi connectivity index (χ2v) is 3.42. The van der Waals surface area contributed by atoms with Gasteiger partial charge in [-0.15, -0.1) is 0 Å². The number of amides is 1. The predicted molar refractivity (Wildman–Crippen MR) is 51.9 cm³/mol. The highest BCUT2D eigenvalue weighted by molar-refractivity contribution is 5.89. The van der Waals surface area contributed by atoms with Crippen molar-refractivity contribution in [2.24, 2.45) is 0 Å². The third-order valence-electron chi connectivity index (χ3n) is 2.36. The largest absolute Gasteiger partial charge is 0.394 e. The van der Waals surface area contributed by atoms with E-state index in [0.717, 1.165) is 12.8 Å². The molecular weight excluding hydrogens is 184 g/mol. The van der Waals surface area contributed by atoms with Crippen molar-refractivity contribution in [2.75, 3.05) is 33.4 Å². The number of rotatable bonds is 7. The highest BCUT2D eigenvalue weighted by atomic mass is 16.5. The number of likely N-dealkylation sites (N-methyl/N-ethyl adjacent to an activating group) is 1. The van der Waals surface area contributed by atoms with E-state index in [9.17, 15) is 4.79 Å². The molecular formula is C9H18N2O3. The maximum absolute atomic E-state index is 11.4. The molecule has 5 nitrogen and oxygen atoms in total. The number of nitrogens with one attached hydrogen (secondary N) is 2. The second-order valence-electron chi connectivity index (χ2n) is 3.42. The van der Waals surface area contributed by atoms with E-state index in [1.54, 1.807) is 7.05 Å². The molecule has 3 N–H and O–H groups in total.